The summed E-state index contributed by atoms with van der Waals surface area (Å²) >= 11 is 3.40. The first-order chi connectivity index (χ1) is 11.8. The first kappa shape index (κ1) is 18.1. The second kappa shape index (κ2) is 7.26. The highest BCUT2D eigenvalue weighted by atomic mass is 127. The van der Waals surface area contributed by atoms with Crippen LogP contribution in [0.3, 0.4) is 0 Å². The van der Waals surface area contributed by atoms with Gasteiger partial charge in [-0.2, -0.15) is 0 Å². The van der Waals surface area contributed by atoms with Crippen LogP contribution in [0, 0.1) is 3.57 Å². The van der Waals surface area contributed by atoms with E-state index >= 15 is 0 Å². The Kier molecular flexibility index (Phi) is 5.25. The van der Waals surface area contributed by atoms with Gasteiger partial charge in [-0.3, -0.25) is 10.1 Å². The zero-order valence-electron chi connectivity index (χ0n) is 13.0. The summed E-state index contributed by atoms with van der Waals surface area (Å²) in [6.07, 6.45) is 1.15. The number of ether oxygens (including phenoxy) is 1. The van der Waals surface area contributed by atoms with E-state index < -0.39 is 9.84 Å². The van der Waals surface area contributed by atoms with Crippen LogP contribution in [-0.2, 0) is 14.6 Å². The van der Waals surface area contributed by atoms with Gasteiger partial charge in [0.1, 0.15) is 5.75 Å². The van der Waals surface area contributed by atoms with Crippen LogP contribution in [0.5, 0.6) is 5.75 Å². The van der Waals surface area contributed by atoms with Crippen molar-refractivity contribution >= 4 is 65.0 Å². The molecule has 6 nitrogen and oxygen atoms in total. The average Bonchev–Trinajstić information content (AvgIpc) is 2.94. The molecule has 3 rings (SSSR count). The van der Waals surface area contributed by atoms with Crippen molar-refractivity contribution in [1.82, 2.24) is 4.98 Å². The topological polar surface area (TPSA) is 85.4 Å². The quantitative estimate of drug-likeness (QED) is 0.558. The Hall–Kier alpha value is -1.72. The number of nitrogens with one attached hydrogen (secondary N) is 1. The van der Waals surface area contributed by atoms with Crippen LogP contribution in [0.2, 0.25) is 0 Å². The van der Waals surface area contributed by atoms with Gasteiger partial charge in [0.15, 0.2) is 21.6 Å². The average molecular weight is 488 g/mol. The van der Waals surface area contributed by atoms with E-state index in [9.17, 15) is 13.2 Å². The lowest BCUT2D eigenvalue weighted by molar-refractivity contribution is -0.118. The van der Waals surface area contributed by atoms with E-state index in [1.165, 1.54) is 17.4 Å². The molecule has 25 heavy (non-hydrogen) atoms. The number of nitrogens with zero attached hydrogens (tertiary/aromatic N) is 1. The fourth-order valence-electron chi connectivity index (χ4n) is 2.02. The summed E-state index contributed by atoms with van der Waals surface area (Å²) in [5, 5.41) is 3.06. The van der Waals surface area contributed by atoms with Crippen molar-refractivity contribution in [2.75, 3.05) is 18.2 Å². The standard InChI is InChI=1S/C16H13IN2O4S2/c1-25(21,22)12-6-7-13-14(8-12)24-16(18-13)19-15(20)9-23-11-4-2-10(17)3-5-11/h2-8H,9H2,1H3,(H,18,19,20). The maximum atomic E-state index is 12.0. The van der Waals surface area contributed by atoms with Gasteiger partial charge in [-0.15, -0.1) is 0 Å². The third kappa shape index (κ3) is 4.67. The minimum absolute atomic E-state index is 0.134. The summed E-state index contributed by atoms with van der Waals surface area (Å²) in [5.41, 5.74) is 0.631. The first-order valence-corrected chi connectivity index (χ1v) is 10.9. The molecule has 0 radical (unpaired) electrons. The van der Waals surface area contributed by atoms with Crippen LogP contribution in [0.1, 0.15) is 0 Å². The van der Waals surface area contributed by atoms with Gasteiger partial charge < -0.3 is 4.74 Å². The summed E-state index contributed by atoms with van der Waals surface area (Å²) in [5.74, 6) is 0.276. The van der Waals surface area contributed by atoms with Crippen molar-refractivity contribution in [3.8, 4) is 5.75 Å². The second-order valence-electron chi connectivity index (χ2n) is 5.21. The van der Waals surface area contributed by atoms with Crippen molar-refractivity contribution in [2.45, 2.75) is 4.90 Å². The fraction of sp³-hybridized carbons (Fsp3) is 0.125. The number of carbonyl (C=O) groups is 1. The molecule has 2 aromatic carbocycles. The van der Waals surface area contributed by atoms with Crippen molar-refractivity contribution in [2.24, 2.45) is 0 Å². The number of aromatic nitrogens is 1. The molecule has 9 heteroatoms. The second-order valence-corrected chi connectivity index (χ2v) is 9.50. The largest absolute Gasteiger partial charge is 0.484 e. The number of halogens is 1. The Morgan fingerprint density at radius 2 is 1.96 bits per heavy atom. The lowest BCUT2D eigenvalue weighted by Gasteiger charge is -2.05. The maximum Gasteiger partial charge on any atom is 0.264 e. The van der Waals surface area contributed by atoms with Gasteiger partial charge in [0.05, 0.1) is 15.1 Å². The SMILES string of the molecule is CS(=O)(=O)c1ccc2nc(NC(=O)COc3ccc(I)cc3)sc2c1. The van der Waals surface area contributed by atoms with E-state index in [0.29, 0.717) is 21.1 Å². The molecule has 1 amide bonds. The number of fused-ring (bicyclic) bond motifs is 1. The molecule has 0 fully saturated rings. The van der Waals surface area contributed by atoms with Gasteiger partial charge >= 0.3 is 0 Å². The molecular weight excluding hydrogens is 475 g/mol. The van der Waals surface area contributed by atoms with E-state index in [1.54, 1.807) is 24.3 Å². The van der Waals surface area contributed by atoms with E-state index in [0.717, 1.165) is 9.83 Å². The first-order valence-electron chi connectivity index (χ1n) is 7.10. The molecule has 0 aliphatic rings. The molecular formula is C16H13IN2O4S2. The summed E-state index contributed by atoms with van der Waals surface area (Å²) in [6, 6.07) is 12.0. The Labute approximate surface area is 162 Å². The predicted octanol–water partition coefficient (Wildman–Crippen LogP) is 3.32. The minimum Gasteiger partial charge on any atom is -0.484 e. The Morgan fingerprint density at radius 1 is 1.24 bits per heavy atom. The molecule has 0 saturated carbocycles. The van der Waals surface area contributed by atoms with Crippen LogP contribution in [-0.4, -0.2) is 32.2 Å². The maximum absolute atomic E-state index is 12.0. The molecule has 0 spiro atoms. The minimum atomic E-state index is -3.28. The summed E-state index contributed by atoms with van der Waals surface area (Å²) in [6.45, 7) is -0.134. The van der Waals surface area contributed by atoms with Crippen molar-refractivity contribution in [1.29, 1.82) is 0 Å². The smallest absolute Gasteiger partial charge is 0.264 e. The third-order valence-electron chi connectivity index (χ3n) is 3.22. The van der Waals surface area contributed by atoms with E-state index in [1.807, 2.05) is 12.1 Å². The molecule has 3 aromatic rings. The van der Waals surface area contributed by atoms with E-state index in [4.69, 9.17) is 4.74 Å². The monoisotopic (exact) mass is 488 g/mol. The van der Waals surface area contributed by atoms with Gasteiger partial charge in [-0.1, -0.05) is 11.3 Å². The van der Waals surface area contributed by atoms with Crippen molar-refractivity contribution < 1.29 is 17.9 Å². The molecule has 0 bridgehead atoms. The molecule has 1 heterocycles. The summed E-state index contributed by atoms with van der Waals surface area (Å²) in [7, 11) is -3.28. The molecule has 0 atom stereocenters. The highest BCUT2D eigenvalue weighted by Crippen LogP contribution is 2.28. The number of rotatable bonds is 5. The highest BCUT2D eigenvalue weighted by molar-refractivity contribution is 14.1. The number of hydrogen-bond donors (Lipinski definition) is 1. The lowest BCUT2D eigenvalue weighted by atomic mass is 10.3. The van der Waals surface area contributed by atoms with Crippen LogP contribution < -0.4 is 10.1 Å². The van der Waals surface area contributed by atoms with Crippen molar-refractivity contribution in [3.05, 3.63) is 46.0 Å². The molecule has 0 unspecified atom stereocenters. The number of amides is 1. The Morgan fingerprint density at radius 3 is 2.64 bits per heavy atom. The zero-order valence-corrected chi connectivity index (χ0v) is 16.8. The van der Waals surface area contributed by atoms with Crippen LogP contribution in [0.25, 0.3) is 10.2 Å². The number of hydrogen-bond acceptors (Lipinski definition) is 6. The van der Waals surface area contributed by atoms with E-state index in [-0.39, 0.29) is 17.4 Å². The van der Waals surface area contributed by atoms with Crippen molar-refractivity contribution in [3.63, 3.8) is 0 Å². The van der Waals surface area contributed by atoms with Gasteiger partial charge in [0.2, 0.25) is 0 Å². The predicted molar refractivity (Wildman–Crippen MR) is 106 cm³/mol. The molecule has 1 N–H and O–H groups in total. The third-order valence-corrected chi connectivity index (χ3v) is 5.98. The number of anilines is 1. The van der Waals surface area contributed by atoms with Crippen LogP contribution in [0.4, 0.5) is 5.13 Å². The van der Waals surface area contributed by atoms with Gasteiger partial charge in [-0.05, 0) is 65.1 Å². The molecule has 0 aliphatic heterocycles. The van der Waals surface area contributed by atoms with Gasteiger partial charge in [-0.25, -0.2) is 13.4 Å². The highest BCUT2D eigenvalue weighted by Gasteiger charge is 2.12. The van der Waals surface area contributed by atoms with Crippen LogP contribution in [0.15, 0.2) is 47.4 Å². The number of carbonyl (C=O) groups excluding carboxylic acids is 1. The van der Waals surface area contributed by atoms with E-state index in [2.05, 4.69) is 32.9 Å². The van der Waals surface area contributed by atoms with Crippen LogP contribution >= 0.6 is 33.9 Å². The Balaban J connectivity index is 1.67. The summed E-state index contributed by atoms with van der Waals surface area (Å²) in [4.78, 5) is 16.5. The normalized spacial score (nSPS) is 11.4. The molecule has 0 saturated heterocycles. The molecule has 1 aromatic heterocycles. The Bertz CT molecular complexity index is 1030. The number of sulfone groups is 1. The fourth-order valence-corrected chi connectivity index (χ4v) is 4.03. The molecule has 130 valence electrons. The lowest BCUT2D eigenvalue weighted by Crippen LogP contribution is -2.19. The summed E-state index contributed by atoms with van der Waals surface area (Å²) < 4.78 is 30.4. The van der Waals surface area contributed by atoms with Gasteiger partial charge in [0.25, 0.3) is 5.91 Å². The molecule has 0 aliphatic carbocycles. The number of thiazole rings is 1. The van der Waals surface area contributed by atoms with Gasteiger partial charge in [0, 0.05) is 9.83 Å². The zero-order chi connectivity index (χ0) is 18.0. The number of benzene rings is 2.